The molecule has 1 heterocycles. The monoisotopic (exact) mass is 406 g/mol. The molecule has 7 nitrogen and oxygen atoms in total. The average Bonchev–Trinajstić information content (AvgIpc) is 2.52. The van der Waals surface area contributed by atoms with Crippen molar-refractivity contribution < 1.29 is 9.90 Å². The van der Waals surface area contributed by atoms with E-state index in [0.717, 1.165) is 4.68 Å². The molecule has 0 saturated heterocycles. The molecule has 0 spiro atoms. The van der Waals surface area contributed by atoms with Crippen LogP contribution in [-0.2, 0) is 11.2 Å². The first-order valence-electron chi connectivity index (χ1n) is 6.41. The van der Waals surface area contributed by atoms with Gasteiger partial charge < -0.3 is 5.11 Å². The van der Waals surface area contributed by atoms with E-state index < -0.39 is 11.5 Å². The van der Waals surface area contributed by atoms with Crippen molar-refractivity contribution in [1.29, 1.82) is 0 Å². The Morgan fingerprint density at radius 3 is 2.71 bits per heavy atom. The number of nitrogens with one attached hydrogen (secondary N) is 1. The van der Waals surface area contributed by atoms with Crippen LogP contribution in [0.4, 0.5) is 0 Å². The summed E-state index contributed by atoms with van der Waals surface area (Å²) in [6, 6.07) is 3.06. The third kappa shape index (κ3) is 4.21. The number of rotatable bonds is 5. The molecule has 1 aromatic heterocycles. The van der Waals surface area contributed by atoms with E-state index in [1.165, 1.54) is 18.3 Å². The minimum Gasteiger partial charge on any atom is -0.481 e. The standard InChI is InChI=1S/C13H9Cl3N4O3S/c14-7-1-2-8(15)11(16)6(7)5-17-20-12(23)9(3-4-10(21)22)18-19-13(20)24/h1-2,5H,3-4H2,(H,19,24)(H,21,22)/b17-5-. The van der Waals surface area contributed by atoms with Crippen LogP contribution in [0.2, 0.25) is 15.1 Å². The smallest absolute Gasteiger partial charge is 0.303 e. The first-order valence-corrected chi connectivity index (χ1v) is 7.95. The second-order valence-corrected chi connectivity index (χ2v) is 6.07. The van der Waals surface area contributed by atoms with Gasteiger partial charge in [0.05, 0.1) is 27.7 Å². The van der Waals surface area contributed by atoms with E-state index in [2.05, 4.69) is 15.3 Å². The van der Waals surface area contributed by atoms with Crippen molar-refractivity contribution in [3.8, 4) is 0 Å². The molecule has 0 aliphatic rings. The Kier molecular flexibility index (Phi) is 6.11. The van der Waals surface area contributed by atoms with Gasteiger partial charge >= 0.3 is 5.97 Å². The number of nitrogens with zero attached hydrogens (tertiary/aromatic N) is 3. The fourth-order valence-corrected chi connectivity index (χ4v) is 2.50. The van der Waals surface area contributed by atoms with Crippen molar-refractivity contribution in [2.24, 2.45) is 5.10 Å². The Bertz CT molecular complexity index is 939. The number of aryl methyl sites for hydroxylation is 1. The van der Waals surface area contributed by atoms with Gasteiger partial charge in [-0.3, -0.25) is 14.7 Å². The maximum Gasteiger partial charge on any atom is 0.303 e. The highest BCUT2D eigenvalue weighted by molar-refractivity contribution is 7.71. The number of carbonyl (C=O) groups is 1. The molecule has 0 unspecified atom stereocenters. The van der Waals surface area contributed by atoms with E-state index in [-0.39, 0.29) is 38.4 Å². The van der Waals surface area contributed by atoms with E-state index in [9.17, 15) is 9.59 Å². The SMILES string of the molecule is O=C(O)CCc1n[nH]c(=S)n(/N=C\c2c(Cl)ccc(Cl)c2Cl)c1=O. The first kappa shape index (κ1) is 18.6. The molecule has 1 aromatic carbocycles. The van der Waals surface area contributed by atoms with Crippen molar-refractivity contribution in [1.82, 2.24) is 14.9 Å². The van der Waals surface area contributed by atoms with Crippen molar-refractivity contribution in [2.45, 2.75) is 12.8 Å². The molecule has 0 bridgehead atoms. The van der Waals surface area contributed by atoms with Crippen molar-refractivity contribution in [3.63, 3.8) is 0 Å². The van der Waals surface area contributed by atoms with Crippen molar-refractivity contribution in [2.75, 3.05) is 0 Å². The van der Waals surface area contributed by atoms with Gasteiger partial charge in [-0.05, 0) is 24.4 Å². The molecule has 0 aliphatic heterocycles. The van der Waals surface area contributed by atoms with Crippen LogP contribution in [0.15, 0.2) is 22.0 Å². The molecule has 126 valence electrons. The summed E-state index contributed by atoms with van der Waals surface area (Å²) in [7, 11) is 0. The quantitative estimate of drug-likeness (QED) is 0.450. The summed E-state index contributed by atoms with van der Waals surface area (Å²) in [4.78, 5) is 22.9. The topological polar surface area (TPSA) is 100 Å². The zero-order valence-corrected chi connectivity index (χ0v) is 14.9. The van der Waals surface area contributed by atoms with Crippen LogP contribution in [0.25, 0.3) is 0 Å². The number of benzene rings is 1. The third-order valence-corrected chi connectivity index (χ3v) is 4.29. The van der Waals surface area contributed by atoms with Crippen LogP contribution in [0, 0.1) is 4.77 Å². The molecule has 0 aliphatic carbocycles. The largest absolute Gasteiger partial charge is 0.481 e. The van der Waals surface area contributed by atoms with Gasteiger partial charge in [-0.25, -0.2) is 0 Å². The number of aromatic amines is 1. The lowest BCUT2D eigenvalue weighted by Crippen LogP contribution is -2.25. The number of aliphatic carboxylic acids is 1. The number of carboxylic acids is 1. The maximum absolute atomic E-state index is 12.3. The molecule has 24 heavy (non-hydrogen) atoms. The van der Waals surface area contributed by atoms with E-state index >= 15 is 0 Å². The first-order chi connectivity index (χ1) is 11.3. The number of hydrogen-bond donors (Lipinski definition) is 2. The summed E-state index contributed by atoms with van der Waals surface area (Å²) in [5, 5.41) is 19.6. The molecule has 0 fully saturated rings. The number of H-pyrrole nitrogens is 1. The van der Waals surface area contributed by atoms with Gasteiger partial charge in [-0.15, -0.1) is 0 Å². The van der Waals surface area contributed by atoms with Gasteiger partial charge in [0.2, 0.25) is 4.77 Å². The van der Waals surface area contributed by atoms with Crippen LogP contribution in [-0.4, -0.2) is 32.2 Å². The van der Waals surface area contributed by atoms with Crippen LogP contribution in [0.3, 0.4) is 0 Å². The van der Waals surface area contributed by atoms with Gasteiger partial charge in [0.15, 0.2) is 0 Å². The van der Waals surface area contributed by atoms with Gasteiger partial charge in [-0.2, -0.15) is 14.9 Å². The fraction of sp³-hybridized carbons (Fsp3) is 0.154. The van der Waals surface area contributed by atoms with Gasteiger partial charge in [0.25, 0.3) is 5.56 Å². The van der Waals surface area contributed by atoms with Crippen molar-refractivity contribution in [3.05, 3.63) is 53.6 Å². The Balaban J connectivity index is 2.45. The molecular formula is C13H9Cl3N4O3S. The average molecular weight is 408 g/mol. The molecule has 2 N–H and O–H groups in total. The number of aromatic nitrogens is 3. The lowest BCUT2D eigenvalue weighted by atomic mass is 10.2. The maximum atomic E-state index is 12.3. The van der Waals surface area contributed by atoms with Crippen LogP contribution < -0.4 is 5.56 Å². The Labute approximate surface area is 155 Å². The second kappa shape index (κ2) is 7.89. The minimum absolute atomic E-state index is 0.00793. The zero-order chi connectivity index (χ0) is 17.9. The van der Waals surface area contributed by atoms with Gasteiger partial charge in [-0.1, -0.05) is 34.8 Å². The lowest BCUT2D eigenvalue weighted by molar-refractivity contribution is -0.136. The third-order valence-electron chi connectivity index (χ3n) is 2.88. The fourth-order valence-electron chi connectivity index (χ4n) is 1.69. The molecule has 0 radical (unpaired) electrons. The summed E-state index contributed by atoms with van der Waals surface area (Å²) < 4.78 is 0.803. The molecule has 0 atom stereocenters. The number of hydrogen-bond acceptors (Lipinski definition) is 5. The predicted octanol–water partition coefficient (Wildman–Crippen LogP) is 3.16. The van der Waals surface area contributed by atoms with Gasteiger partial charge in [0, 0.05) is 12.0 Å². The molecule has 2 aromatic rings. The summed E-state index contributed by atoms with van der Waals surface area (Å²) >= 11 is 23.0. The molecule has 11 heteroatoms. The summed E-state index contributed by atoms with van der Waals surface area (Å²) in [5.74, 6) is -1.05. The molecule has 0 amide bonds. The highest BCUT2D eigenvalue weighted by Gasteiger charge is 2.10. The Morgan fingerprint density at radius 1 is 1.38 bits per heavy atom. The summed E-state index contributed by atoms with van der Waals surface area (Å²) in [5.41, 5.74) is -0.326. The van der Waals surface area contributed by atoms with E-state index in [0.29, 0.717) is 5.56 Å². The normalized spacial score (nSPS) is 11.1. The Morgan fingerprint density at radius 2 is 2.04 bits per heavy atom. The van der Waals surface area contributed by atoms with Crippen molar-refractivity contribution >= 4 is 59.2 Å². The van der Waals surface area contributed by atoms with E-state index in [1.54, 1.807) is 0 Å². The highest BCUT2D eigenvalue weighted by atomic mass is 35.5. The molecular weight excluding hydrogens is 399 g/mol. The lowest BCUT2D eigenvalue weighted by Gasteiger charge is -2.04. The highest BCUT2D eigenvalue weighted by Crippen LogP contribution is 2.29. The van der Waals surface area contributed by atoms with E-state index in [1.807, 2.05) is 0 Å². The summed E-state index contributed by atoms with van der Waals surface area (Å²) in [6.45, 7) is 0. The number of halogens is 3. The Hall–Kier alpha value is -1.74. The van der Waals surface area contributed by atoms with Gasteiger partial charge in [0.1, 0.15) is 5.69 Å². The number of carboxylic acid groups (broad SMARTS) is 1. The van der Waals surface area contributed by atoms with Crippen LogP contribution >= 0.6 is 47.0 Å². The van der Waals surface area contributed by atoms with Crippen LogP contribution in [0.1, 0.15) is 17.7 Å². The van der Waals surface area contributed by atoms with E-state index in [4.69, 9.17) is 52.1 Å². The molecule has 0 saturated carbocycles. The van der Waals surface area contributed by atoms with Crippen LogP contribution in [0.5, 0.6) is 0 Å². The minimum atomic E-state index is -1.05. The summed E-state index contributed by atoms with van der Waals surface area (Å²) in [6.07, 6.45) is 0.930. The molecule has 2 rings (SSSR count). The second-order valence-electron chi connectivity index (χ2n) is 4.49. The zero-order valence-electron chi connectivity index (χ0n) is 11.8. The predicted molar refractivity (Wildman–Crippen MR) is 94.1 cm³/mol.